The fourth-order valence-corrected chi connectivity index (χ4v) is 7.53. The van der Waals surface area contributed by atoms with Crippen molar-refractivity contribution in [3.05, 3.63) is 35.9 Å². The van der Waals surface area contributed by atoms with Gasteiger partial charge in [0.1, 0.15) is 5.78 Å². The molecule has 2 saturated carbocycles. The van der Waals surface area contributed by atoms with Crippen molar-refractivity contribution in [2.45, 2.75) is 58.5 Å². The molecular weight excluding hydrogens is 444 g/mol. The molecule has 0 aromatic heterocycles. The summed E-state index contributed by atoms with van der Waals surface area (Å²) in [5, 5.41) is 3.16. The highest BCUT2D eigenvalue weighted by Gasteiger charge is 2.65. The Balaban J connectivity index is 0.000000160. The highest BCUT2D eigenvalue weighted by atomic mass is 32.2. The second kappa shape index (κ2) is 8.60. The van der Waals surface area contributed by atoms with Gasteiger partial charge in [-0.15, -0.1) is 0 Å². The average molecular weight is 477 g/mol. The highest BCUT2D eigenvalue weighted by Crippen LogP contribution is 2.64. The van der Waals surface area contributed by atoms with Gasteiger partial charge in [-0.2, -0.15) is 8.42 Å². The number of carbonyl (C=O) groups excluding carboxylic acids is 3. The third-order valence-corrected chi connectivity index (χ3v) is 9.18. The Kier molecular flexibility index (Phi) is 6.26. The van der Waals surface area contributed by atoms with Crippen LogP contribution in [-0.4, -0.2) is 53.8 Å². The van der Waals surface area contributed by atoms with E-state index in [4.69, 9.17) is 4.55 Å². The van der Waals surface area contributed by atoms with E-state index >= 15 is 0 Å². The summed E-state index contributed by atoms with van der Waals surface area (Å²) in [6.45, 7) is 5.12. The molecule has 4 fully saturated rings. The van der Waals surface area contributed by atoms with Crippen molar-refractivity contribution in [3.8, 4) is 0 Å². The number of hydrogen-bond donors (Lipinski definition) is 2. The molecule has 2 unspecified atom stereocenters. The molecule has 2 saturated heterocycles. The van der Waals surface area contributed by atoms with Crippen LogP contribution in [0, 0.1) is 22.7 Å². The first kappa shape index (κ1) is 24.0. The minimum absolute atomic E-state index is 0.0129. The number of rotatable bonds is 4. The lowest BCUT2D eigenvalue weighted by Gasteiger charge is -2.35. The molecule has 8 nitrogen and oxygen atoms in total. The predicted molar refractivity (Wildman–Crippen MR) is 121 cm³/mol. The fourth-order valence-electron chi connectivity index (χ4n) is 6.23. The molecule has 2 aliphatic heterocycles. The van der Waals surface area contributed by atoms with Crippen molar-refractivity contribution in [1.82, 2.24) is 10.2 Å². The van der Waals surface area contributed by atoms with Gasteiger partial charge in [-0.25, -0.2) is 0 Å². The van der Waals surface area contributed by atoms with Crippen LogP contribution in [0.5, 0.6) is 0 Å². The zero-order chi connectivity index (χ0) is 24.0. The fraction of sp³-hybridized carbons (Fsp3) is 0.625. The van der Waals surface area contributed by atoms with E-state index in [1.807, 2.05) is 44.2 Å². The van der Waals surface area contributed by atoms with Crippen LogP contribution in [0.3, 0.4) is 0 Å². The predicted octanol–water partition coefficient (Wildman–Crippen LogP) is 2.19. The first-order valence-electron chi connectivity index (χ1n) is 11.6. The number of benzene rings is 1. The summed E-state index contributed by atoms with van der Waals surface area (Å²) in [5.74, 6) is -0.319. The molecule has 5 rings (SSSR count). The number of nitrogens with zero attached hydrogens (tertiary/aromatic N) is 1. The van der Waals surface area contributed by atoms with Gasteiger partial charge < -0.3 is 5.32 Å². The number of hydrogen-bond acceptors (Lipinski definition) is 6. The molecule has 4 aliphatic rings. The summed E-state index contributed by atoms with van der Waals surface area (Å²) in [4.78, 5) is 37.7. The maximum Gasteiger partial charge on any atom is 0.265 e. The van der Waals surface area contributed by atoms with Gasteiger partial charge >= 0.3 is 0 Å². The molecule has 2 amide bonds. The highest BCUT2D eigenvalue weighted by molar-refractivity contribution is 7.85. The monoisotopic (exact) mass is 476 g/mol. The number of ketones is 1. The lowest BCUT2D eigenvalue weighted by Crippen LogP contribution is -2.44. The van der Waals surface area contributed by atoms with Crippen LogP contribution < -0.4 is 5.32 Å². The zero-order valence-corrected chi connectivity index (χ0v) is 19.9. The van der Waals surface area contributed by atoms with Crippen LogP contribution in [0.4, 0.5) is 0 Å². The van der Waals surface area contributed by atoms with Crippen LogP contribution in [0.2, 0.25) is 0 Å². The van der Waals surface area contributed by atoms with Crippen LogP contribution >= 0.6 is 0 Å². The summed E-state index contributed by atoms with van der Waals surface area (Å²) in [7, 11) is -4.08. The normalized spacial score (nSPS) is 32.5. The van der Waals surface area contributed by atoms with Crippen molar-refractivity contribution >= 4 is 27.7 Å². The number of nitrogens with one attached hydrogen (secondary N) is 1. The van der Waals surface area contributed by atoms with Gasteiger partial charge in [0.2, 0.25) is 11.8 Å². The Labute approximate surface area is 194 Å². The molecule has 0 radical (unpaired) electrons. The first-order chi connectivity index (χ1) is 15.5. The molecule has 2 N–H and O–H groups in total. The molecule has 1 aromatic rings. The van der Waals surface area contributed by atoms with Crippen molar-refractivity contribution in [3.63, 3.8) is 0 Å². The third kappa shape index (κ3) is 4.26. The van der Waals surface area contributed by atoms with Crippen molar-refractivity contribution < 1.29 is 27.4 Å². The second-order valence-electron chi connectivity index (χ2n) is 10.3. The standard InChI is InChI=1S/C14H16N2O2.C10H16O4S/c17-13-11-7-4-8-15-12(11)14(18)16(13)9-10-5-2-1-3-6-10;1-9(2)7-3-4-10(9,8(11)5-7)6-15(12,13)14/h1-3,5-6,11-12,15H,4,7-9H2;7H,3-6H2,1-2H3,(H,12,13,14)/t11-,12?;7?,10-/m01/s1. The lowest BCUT2D eigenvalue weighted by molar-refractivity contribution is -0.140. The van der Waals surface area contributed by atoms with Gasteiger partial charge in [-0.1, -0.05) is 44.2 Å². The Morgan fingerprint density at radius 1 is 1.09 bits per heavy atom. The van der Waals surface area contributed by atoms with Gasteiger partial charge in [0.25, 0.3) is 10.1 Å². The molecule has 33 heavy (non-hydrogen) atoms. The molecule has 180 valence electrons. The van der Waals surface area contributed by atoms with E-state index in [0.29, 0.717) is 19.4 Å². The van der Waals surface area contributed by atoms with E-state index in [1.165, 1.54) is 4.90 Å². The SMILES string of the molecule is CC1(C)C2CC[C@@]1(CS(=O)(=O)O)C(=O)C2.O=C1C2NCCC[C@@H]2C(=O)N1Cc1ccccc1. The number of imide groups is 1. The number of Topliss-reactive ketones (excluding diaryl/α,β-unsaturated/α-hetero) is 1. The largest absolute Gasteiger partial charge is 0.305 e. The van der Waals surface area contributed by atoms with Crippen LogP contribution in [0.25, 0.3) is 0 Å². The van der Waals surface area contributed by atoms with Gasteiger partial charge in [0.15, 0.2) is 0 Å². The summed E-state index contributed by atoms with van der Waals surface area (Å²) in [5.41, 5.74) is -0.122. The minimum atomic E-state index is -4.08. The minimum Gasteiger partial charge on any atom is -0.305 e. The molecule has 2 bridgehead atoms. The van der Waals surface area contributed by atoms with Gasteiger partial charge in [0.05, 0.1) is 29.7 Å². The molecular formula is C24H32N2O6S. The van der Waals surface area contributed by atoms with E-state index in [-0.39, 0.29) is 40.9 Å². The summed E-state index contributed by atoms with van der Waals surface area (Å²) >= 11 is 0. The molecule has 9 heteroatoms. The number of carbonyl (C=O) groups is 3. The summed E-state index contributed by atoms with van der Waals surface area (Å²) in [6.07, 6.45) is 3.77. The van der Waals surface area contributed by atoms with E-state index in [9.17, 15) is 22.8 Å². The van der Waals surface area contributed by atoms with Gasteiger partial charge in [0, 0.05) is 6.42 Å². The van der Waals surface area contributed by atoms with Gasteiger partial charge in [-0.05, 0) is 49.1 Å². The Morgan fingerprint density at radius 2 is 1.79 bits per heavy atom. The average Bonchev–Trinajstić information content (AvgIpc) is 3.22. The van der Waals surface area contributed by atoms with E-state index < -0.39 is 21.3 Å². The Morgan fingerprint density at radius 3 is 2.33 bits per heavy atom. The smallest absolute Gasteiger partial charge is 0.265 e. The summed E-state index contributed by atoms with van der Waals surface area (Å²) in [6, 6.07) is 9.37. The number of likely N-dealkylation sites (tertiary alicyclic amines) is 1. The van der Waals surface area contributed by atoms with Crippen molar-refractivity contribution in [2.75, 3.05) is 12.3 Å². The molecule has 2 heterocycles. The molecule has 0 spiro atoms. The third-order valence-electron chi connectivity index (χ3n) is 8.33. The van der Waals surface area contributed by atoms with Gasteiger partial charge in [-0.3, -0.25) is 23.8 Å². The second-order valence-corrected chi connectivity index (χ2v) is 11.8. The molecule has 4 atom stereocenters. The number of fused-ring (bicyclic) bond motifs is 3. The molecule has 2 aliphatic carbocycles. The Hall–Kier alpha value is -2.10. The quantitative estimate of drug-likeness (QED) is 0.505. The first-order valence-corrected chi connectivity index (χ1v) is 13.2. The maximum atomic E-state index is 12.2. The number of piperidine rings is 1. The van der Waals surface area contributed by atoms with Crippen LogP contribution in [-0.2, 0) is 31.0 Å². The molecule has 1 aromatic carbocycles. The number of amides is 2. The van der Waals surface area contributed by atoms with E-state index in [0.717, 1.165) is 31.4 Å². The zero-order valence-electron chi connectivity index (χ0n) is 19.1. The van der Waals surface area contributed by atoms with Crippen LogP contribution in [0.15, 0.2) is 30.3 Å². The topological polar surface area (TPSA) is 121 Å². The van der Waals surface area contributed by atoms with Crippen LogP contribution in [0.1, 0.15) is 51.5 Å². The lowest BCUT2D eigenvalue weighted by atomic mass is 9.70. The Bertz CT molecular complexity index is 1030. The summed E-state index contributed by atoms with van der Waals surface area (Å²) < 4.78 is 31.0. The maximum absolute atomic E-state index is 12.2. The van der Waals surface area contributed by atoms with E-state index in [2.05, 4.69) is 5.32 Å². The van der Waals surface area contributed by atoms with Crippen molar-refractivity contribution in [1.29, 1.82) is 0 Å². The van der Waals surface area contributed by atoms with Crippen molar-refractivity contribution in [2.24, 2.45) is 22.7 Å². The van der Waals surface area contributed by atoms with E-state index in [1.54, 1.807) is 0 Å².